The molecule has 1 atom stereocenters. The molecule has 2 aliphatic rings. The minimum atomic E-state index is -0.350. The van der Waals surface area contributed by atoms with E-state index >= 15 is 0 Å². The summed E-state index contributed by atoms with van der Waals surface area (Å²) >= 11 is 0. The van der Waals surface area contributed by atoms with E-state index in [1.54, 1.807) is 41.3 Å². The van der Waals surface area contributed by atoms with E-state index in [9.17, 15) is 9.18 Å². The molecule has 4 aromatic rings. The van der Waals surface area contributed by atoms with Gasteiger partial charge in [-0.25, -0.2) is 19.0 Å². The van der Waals surface area contributed by atoms with E-state index in [4.69, 9.17) is 0 Å². The highest BCUT2D eigenvalue weighted by atomic mass is 19.1. The SMILES string of the molecule is Cc1c(C(=O)N2CCN(C3CCc4ccccc4C3)CC2)cnn1-c1nccc(-c2ccccc2F)n1. The van der Waals surface area contributed by atoms with Crippen LogP contribution in [0.1, 0.15) is 33.6 Å². The van der Waals surface area contributed by atoms with Gasteiger partial charge in [0.25, 0.3) is 11.9 Å². The molecule has 0 spiro atoms. The van der Waals surface area contributed by atoms with Crippen LogP contribution in [0, 0.1) is 12.7 Å². The summed E-state index contributed by atoms with van der Waals surface area (Å²) < 4.78 is 15.8. The van der Waals surface area contributed by atoms with Gasteiger partial charge in [-0.1, -0.05) is 36.4 Å². The van der Waals surface area contributed by atoms with Crippen molar-refractivity contribution in [3.63, 3.8) is 0 Å². The zero-order chi connectivity index (χ0) is 25.4. The molecule has 2 aromatic carbocycles. The van der Waals surface area contributed by atoms with Gasteiger partial charge in [0.2, 0.25) is 0 Å². The van der Waals surface area contributed by atoms with Crippen LogP contribution in [-0.4, -0.2) is 67.7 Å². The van der Waals surface area contributed by atoms with Gasteiger partial charge in [-0.3, -0.25) is 9.69 Å². The highest BCUT2D eigenvalue weighted by molar-refractivity contribution is 5.95. The van der Waals surface area contributed by atoms with Crippen molar-refractivity contribution in [1.82, 2.24) is 29.5 Å². The summed E-state index contributed by atoms with van der Waals surface area (Å²) in [6.07, 6.45) is 6.54. The topological polar surface area (TPSA) is 67.2 Å². The predicted octanol–water partition coefficient (Wildman–Crippen LogP) is 4.09. The van der Waals surface area contributed by atoms with Gasteiger partial charge in [0.15, 0.2) is 0 Å². The maximum absolute atomic E-state index is 14.3. The van der Waals surface area contributed by atoms with Crippen molar-refractivity contribution in [2.45, 2.75) is 32.2 Å². The number of rotatable bonds is 4. The number of nitrogens with zero attached hydrogens (tertiary/aromatic N) is 6. The largest absolute Gasteiger partial charge is 0.336 e. The lowest BCUT2D eigenvalue weighted by Gasteiger charge is -2.41. The van der Waals surface area contributed by atoms with E-state index in [1.165, 1.54) is 23.6 Å². The van der Waals surface area contributed by atoms with Crippen molar-refractivity contribution in [1.29, 1.82) is 0 Å². The Morgan fingerprint density at radius 2 is 1.73 bits per heavy atom. The van der Waals surface area contributed by atoms with Gasteiger partial charge in [0, 0.05) is 44.0 Å². The van der Waals surface area contributed by atoms with Crippen LogP contribution in [0.15, 0.2) is 67.0 Å². The Labute approximate surface area is 215 Å². The first kappa shape index (κ1) is 23.5. The lowest BCUT2D eigenvalue weighted by Crippen LogP contribution is -2.53. The number of aryl methyl sites for hydroxylation is 1. The van der Waals surface area contributed by atoms with Crippen LogP contribution in [0.3, 0.4) is 0 Å². The van der Waals surface area contributed by atoms with Crippen LogP contribution in [0.5, 0.6) is 0 Å². The average Bonchev–Trinajstić information content (AvgIpc) is 3.34. The number of hydrogen-bond acceptors (Lipinski definition) is 5. The van der Waals surface area contributed by atoms with Crippen molar-refractivity contribution in [2.24, 2.45) is 0 Å². The number of aromatic nitrogens is 4. The molecule has 0 N–H and O–H groups in total. The molecule has 7 nitrogen and oxygen atoms in total. The number of amides is 1. The Morgan fingerprint density at radius 3 is 2.54 bits per heavy atom. The first-order valence-corrected chi connectivity index (χ1v) is 12.8. The standard InChI is InChI=1S/C29H29FN6O/c1-20-25(19-32-36(20)29-31-13-12-27(33-29)24-8-4-5-9-26(24)30)28(37)35-16-14-34(15-17-35)23-11-10-21-6-2-3-7-22(21)18-23/h2-9,12-13,19,23H,10-11,14-18H2,1H3. The zero-order valence-corrected chi connectivity index (χ0v) is 20.8. The highest BCUT2D eigenvalue weighted by Crippen LogP contribution is 2.26. The first-order valence-electron chi connectivity index (χ1n) is 12.8. The third-order valence-corrected chi connectivity index (χ3v) is 7.66. The van der Waals surface area contributed by atoms with Gasteiger partial charge < -0.3 is 4.90 Å². The van der Waals surface area contributed by atoms with Crippen LogP contribution >= 0.6 is 0 Å². The fraction of sp³-hybridized carbons (Fsp3) is 0.310. The average molecular weight is 497 g/mol. The number of carbonyl (C=O) groups excluding carboxylic acids is 1. The number of benzene rings is 2. The second-order valence-corrected chi connectivity index (χ2v) is 9.77. The molecule has 1 fully saturated rings. The van der Waals surface area contributed by atoms with Crippen molar-refractivity contribution in [3.8, 4) is 17.2 Å². The normalized spacial score (nSPS) is 18.0. The number of hydrogen-bond donors (Lipinski definition) is 0. The van der Waals surface area contributed by atoms with Crippen LogP contribution in [0.25, 0.3) is 17.2 Å². The van der Waals surface area contributed by atoms with Crippen molar-refractivity contribution >= 4 is 5.91 Å². The lowest BCUT2D eigenvalue weighted by molar-refractivity contribution is 0.0552. The summed E-state index contributed by atoms with van der Waals surface area (Å²) in [5.41, 5.74) is 5.01. The Balaban J connectivity index is 1.14. The van der Waals surface area contributed by atoms with E-state index in [0.29, 0.717) is 47.6 Å². The minimum absolute atomic E-state index is 0.0253. The maximum atomic E-state index is 14.3. The van der Waals surface area contributed by atoms with Gasteiger partial charge >= 0.3 is 0 Å². The molecule has 1 aliphatic carbocycles. The number of piperazine rings is 1. The fourth-order valence-electron chi connectivity index (χ4n) is 5.54. The first-order chi connectivity index (χ1) is 18.1. The molecule has 1 amide bonds. The summed E-state index contributed by atoms with van der Waals surface area (Å²) in [7, 11) is 0. The zero-order valence-electron chi connectivity index (χ0n) is 20.8. The Kier molecular flexibility index (Phi) is 6.26. The molecule has 6 rings (SSSR count). The van der Waals surface area contributed by atoms with E-state index in [1.807, 2.05) is 11.8 Å². The van der Waals surface area contributed by atoms with Crippen molar-refractivity contribution in [2.75, 3.05) is 26.2 Å². The molecule has 8 heteroatoms. The van der Waals surface area contributed by atoms with Crippen LogP contribution in [0.4, 0.5) is 4.39 Å². The van der Waals surface area contributed by atoms with E-state index in [0.717, 1.165) is 25.9 Å². The van der Waals surface area contributed by atoms with Gasteiger partial charge in [-0.15, -0.1) is 0 Å². The monoisotopic (exact) mass is 496 g/mol. The molecule has 1 saturated heterocycles. The second-order valence-electron chi connectivity index (χ2n) is 9.77. The molecule has 0 saturated carbocycles. The quantitative estimate of drug-likeness (QED) is 0.426. The highest BCUT2D eigenvalue weighted by Gasteiger charge is 2.30. The summed E-state index contributed by atoms with van der Waals surface area (Å²) in [5.74, 6) is -0.0702. The molecule has 1 aliphatic heterocycles. The van der Waals surface area contributed by atoms with E-state index in [-0.39, 0.29) is 11.7 Å². The van der Waals surface area contributed by atoms with Gasteiger partial charge in [-0.2, -0.15) is 5.10 Å². The van der Waals surface area contributed by atoms with Gasteiger partial charge in [-0.05, 0) is 55.5 Å². The summed E-state index contributed by atoms with van der Waals surface area (Å²) in [4.78, 5) is 26.7. The Bertz CT molecular complexity index is 1440. The third kappa shape index (κ3) is 4.53. The summed E-state index contributed by atoms with van der Waals surface area (Å²) in [6, 6.07) is 17.4. The molecular weight excluding hydrogens is 467 g/mol. The van der Waals surface area contributed by atoms with Crippen molar-refractivity contribution < 1.29 is 9.18 Å². The smallest absolute Gasteiger partial charge is 0.257 e. The number of fused-ring (bicyclic) bond motifs is 1. The summed E-state index contributed by atoms with van der Waals surface area (Å²) in [6.45, 7) is 4.98. The summed E-state index contributed by atoms with van der Waals surface area (Å²) in [5, 5.41) is 4.41. The Morgan fingerprint density at radius 1 is 0.973 bits per heavy atom. The molecule has 3 heterocycles. The van der Waals surface area contributed by atoms with E-state index in [2.05, 4.69) is 44.2 Å². The number of halogens is 1. The molecular formula is C29H29FN6O. The Hall–Kier alpha value is -3.91. The van der Waals surface area contributed by atoms with Crippen LogP contribution in [0.2, 0.25) is 0 Å². The van der Waals surface area contributed by atoms with Crippen molar-refractivity contribution in [3.05, 3.63) is 95.2 Å². The maximum Gasteiger partial charge on any atom is 0.257 e. The van der Waals surface area contributed by atoms with Crippen LogP contribution in [-0.2, 0) is 12.8 Å². The molecule has 0 radical (unpaired) electrons. The molecule has 2 aromatic heterocycles. The molecule has 0 bridgehead atoms. The third-order valence-electron chi connectivity index (χ3n) is 7.66. The molecule has 1 unspecified atom stereocenters. The second kappa shape index (κ2) is 9.86. The van der Waals surface area contributed by atoms with Gasteiger partial charge in [0.05, 0.1) is 23.1 Å². The van der Waals surface area contributed by atoms with Gasteiger partial charge in [0.1, 0.15) is 5.82 Å². The van der Waals surface area contributed by atoms with E-state index < -0.39 is 0 Å². The molecule has 188 valence electrons. The predicted molar refractivity (Wildman–Crippen MR) is 139 cm³/mol. The molecule has 37 heavy (non-hydrogen) atoms. The number of carbonyl (C=O) groups is 1. The minimum Gasteiger partial charge on any atom is -0.336 e. The fourth-order valence-corrected chi connectivity index (χ4v) is 5.54. The lowest BCUT2D eigenvalue weighted by atomic mass is 9.87. The van der Waals surface area contributed by atoms with Crippen LogP contribution < -0.4 is 0 Å².